The van der Waals surface area contributed by atoms with Crippen molar-refractivity contribution in [1.29, 1.82) is 5.26 Å². The minimum absolute atomic E-state index is 0.113. The number of nitriles is 1. The third-order valence-electron chi connectivity index (χ3n) is 4.40. The van der Waals surface area contributed by atoms with E-state index >= 15 is 0 Å². The van der Waals surface area contributed by atoms with Gasteiger partial charge in [-0.05, 0) is 36.6 Å². The van der Waals surface area contributed by atoms with Crippen molar-refractivity contribution < 1.29 is 14.3 Å². The zero-order chi connectivity index (χ0) is 18.5. The molecule has 0 bridgehead atoms. The van der Waals surface area contributed by atoms with E-state index in [1.54, 1.807) is 14.2 Å². The Morgan fingerprint density at radius 3 is 2.96 bits per heavy atom. The van der Waals surface area contributed by atoms with Crippen LogP contribution in [0.5, 0.6) is 11.5 Å². The number of hydrogen-bond acceptors (Lipinski definition) is 6. The highest BCUT2D eigenvalue weighted by Gasteiger charge is 2.21. The van der Waals surface area contributed by atoms with E-state index in [-0.39, 0.29) is 5.91 Å². The van der Waals surface area contributed by atoms with Gasteiger partial charge in [0.25, 0.3) is 0 Å². The molecule has 0 atom stereocenters. The molecule has 0 aliphatic carbocycles. The lowest BCUT2D eigenvalue weighted by Crippen LogP contribution is -2.22. The monoisotopic (exact) mass is 371 g/mol. The highest BCUT2D eigenvalue weighted by atomic mass is 32.1. The molecule has 0 spiro atoms. The molecule has 2 aromatic rings. The molecule has 26 heavy (non-hydrogen) atoms. The van der Waals surface area contributed by atoms with Crippen LogP contribution in [0, 0.1) is 11.3 Å². The maximum atomic E-state index is 12.4. The minimum atomic E-state index is -0.113. The van der Waals surface area contributed by atoms with Crippen molar-refractivity contribution in [2.75, 3.05) is 26.1 Å². The van der Waals surface area contributed by atoms with Crippen LogP contribution in [0.4, 0.5) is 5.00 Å². The number of carbonyl (C=O) groups is 1. The molecule has 1 aliphatic rings. The lowest BCUT2D eigenvalue weighted by atomic mass is 10.0. The number of fused-ring (bicyclic) bond motifs is 1. The molecule has 1 aliphatic heterocycles. The number of aryl methyl sites for hydroxylation is 1. The molecule has 1 amide bonds. The van der Waals surface area contributed by atoms with Crippen LogP contribution in [0.25, 0.3) is 0 Å². The van der Waals surface area contributed by atoms with Gasteiger partial charge in [0.15, 0.2) is 11.5 Å². The summed E-state index contributed by atoms with van der Waals surface area (Å²) in [6, 6.07) is 7.87. The summed E-state index contributed by atoms with van der Waals surface area (Å²) in [4.78, 5) is 13.6. The normalized spacial score (nSPS) is 12.8. The summed E-state index contributed by atoms with van der Waals surface area (Å²) < 4.78 is 10.7. The number of hydrogen-bond donors (Lipinski definition) is 2. The number of ether oxygens (including phenoxy) is 2. The minimum Gasteiger partial charge on any atom is -0.493 e. The number of benzene rings is 1. The summed E-state index contributed by atoms with van der Waals surface area (Å²) >= 11 is 1.49. The van der Waals surface area contributed by atoms with Crippen LogP contribution in [-0.4, -0.2) is 26.7 Å². The highest BCUT2D eigenvalue weighted by Crippen LogP contribution is 2.35. The Labute approximate surface area is 156 Å². The van der Waals surface area contributed by atoms with Crippen molar-refractivity contribution in [3.63, 3.8) is 0 Å². The van der Waals surface area contributed by atoms with Gasteiger partial charge in [-0.25, -0.2) is 0 Å². The second-order valence-electron chi connectivity index (χ2n) is 5.95. The van der Waals surface area contributed by atoms with E-state index < -0.39 is 0 Å². The SMILES string of the molecule is COc1cccc(CCC(=O)Nc2sc3c(c2C#N)CCNC3)c1OC. The van der Waals surface area contributed by atoms with E-state index in [2.05, 4.69) is 16.7 Å². The first-order valence-corrected chi connectivity index (χ1v) is 9.24. The largest absolute Gasteiger partial charge is 0.493 e. The quantitative estimate of drug-likeness (QED) is 0.816. The molecule has 2 heterocycles. The van der Waals surface area contributed by atoms with Crippen LogP contribution >= 0.6 is 11.3 Å². The fourth-order valence-corrected chi connectivity index (χ4v) is 4.31. The molecule has 0 saturated heterocycles. The van der Waals surface area contributed by atoms with Gasteiger partial charge in [0.2, 0.25) is 5.91 Å². The van der Waals surface area contributed by atoms with Gasteiger partial charge in [0.05, 0.1) is 19.8 Å². The summed E-state index contributed by atoms with van der Waals surface area (Å²) in [5, 5.41) is 16.3. The second-order valence-corrected chi connectivity index (χ2v) is 7.05. The van der Waals surface area contributed by atoms with Crippen LogP contribution in [0.3, 0.4) is 0 Å². The lowest BCUT2D eigenvalue weighted by Gasteiger charge is -2.12. The molecule has 0 fully saturated rings. The van der Waals surface area contributed by atoms with Crippen molar-refractivity contribution in [3.05, 3.63) is 39.8 Å². The van der Waals surface area contributed by atoms with Crippen LogP contribution < -0.4 is 20.1 Å². The Hall–Kier alpha value is -2.56. The number of para-hydroxylation sites is 1. The Balaban J connectivity index is 1.69. The fraction of sp³-hybridized carbons (Fsp3) is 0.368. The Morgan fingerprint density at radius 1 is 1.38 bits per heavy atom. The standard InChI is InChI=1S/C19H21N3O3S/c1-24-15-5-3-4-12(18(15)25-2)6-7-17(23)22-19-14(10-20)13-8-9-21-11-16(13)26-19/h3-5,21H,6-9,11H2,1-2H3,(H,22,23). The van der Waals surface area contributed by atoms with E-state index in [1.165, 1.54) is 11.3 Å². The van der Waals surface area contributed by atoms with E-state index in [1.807, 2.05) is 18.2 Å². The average Bonchev–Trinajstić information content (AvgIpc) is 3.02. The van der Waals surface area contributed by atoms with Gasteiger partial charge in [-0.2, -0.15) is 5.26 Å². The predicted molar refractivity (Wildman–Crippen MR) is 101 cm³/mol. The molecule has 0 unspecified atom stereocenters. The molecular formula is C19H21N3O3S. The number of nitrogens with one attached hydrogen (secondary N) is 2. The topological polar surface area (TPSA) is 83.4 Å². The molecule has 0 saturated carbocycles. The molecule has 6 nitrogen and oxygen atoms in total. The lowest BCUT2D eigenvalue weighted by molar-refractivity contribution is -0.116. The van der Waals surface area contributed by atoms with Gasteiger partial charge < -0.3 is 20.1 Å². The molecule has 136 valence electrons. The van der Waals surface area contributed by atoms with Gasteiger partial charge in [-0.1, -0.05) is 12.1 Å². The molecular weight excluding hydrogens is 350 g/mol. The van der Waals surface area contributed by atoms with Crippen molar-refractivity contribution in [1.82, 2.24) is 5.32 Å². The third-order valence-corrected chi connectivity index (χ3v) is 5.55. The predicted octanol–water partition coefficient (Wildman–Crippen LogP) is 2.85. The fourth-order valence-electron chi connectivity index (χ4n) is 3.13. The van der Waals surface area contributed by atoms with Gasteiger partial charge in [0.1, 0.15) is 11.1 Å². The number of rotatable bonds is 6. The number of thiophene rings is 1. The first-order chi connectivity index (χ1) is 12.7. The smallest absolute Gasteiger partial charge is 0.225 e. The summed E-state index contributed by atoms with van der Waals surface area (Å²) in [5.74, 6) is 1.19. The maximum Gasteiger partial charge on any atom is 0.225 e. The third kappa shape index (κ3) is 3.66. The number of amides is 1. The van der Waals surface area contributed by atoms with Crippen LogP contribution in [-0.2, 0) is 24.2 Å². The van der Waals surface area contributed by atoms with Gasteiger partial charge >= 0.3 is 0 Å². The van der Waals surface area contributed by atoms with Gasteiger partial charge in [-0.15, -0.1) is 11.3 Å². The van der Waals surface area contributed by atoms with Crippen LogP contribution in [0.2, 0.25) is 0 Å². The Bertz CT molecular complexity index is 854. The van der Waals surface area contributed by atoms with Crippen LogP contribution in [0.1, 0.15) is 28.0 Å². The first-order valence-electron chi connectivity index (χ1n) is 8.43. The zero-order valence-corrected chi connectivity index (χ0v) is 15.7. The van der Waals surface area contributed by atoms with E-state index in [0.29, 0.717) is 34.9 Å². The van der Waals surface area contributed by atoms with Gasteiger partial charge in [0, 0.05) is 17.8 Å². The summed E-state index contributed by atoms with van der Waals surface area (Å²) in [6.45, 7) is 1.62. The highest BCUT2D eigenvalue weighted by molar-refractivity contribution is 7.16. The molecule has 1 aromatic heterocycles. The number of anilines is 1. The second kappa shape index (κ2) is 8.21. The average molecular weight is 371 g/mol. The molecule has 1 aromatic carbocycles. The van der Waals surface area contributed by atoms with Crippen molar-refractivity contribution in [2.24, 2.45) is 0 Å². The van der Waals surface area contributed by atoms with E-state index in [9.17, 15) is 10.1 Å². The zero-order valence-electron chi connectivity index (χ0n) is 14.8. The summed E-state index contributed by atoms with van der Waals surface area (Å²) in [7, 11) is 3.18. The van der Waals surface area contributed by atoms with Gasteiger partial charge in [-0.3, -0.25) is 4.79 Å². The Morgan fingerprint density at radius 2 is 2.23 bits per heavy atom. The maximum absolute atomic E-state index is 12.4. The summed E-state index contributed by atoms with van der Waals surface area (Å²) in [6.07, 6.45) is 1.65. The van der Waals surface area contributed by atoms with Crippen molar-refractivity contribution in [3.8, 4) is 17.6 Å². The number of nitrogens with zero attached hydrogens (tertiary/aromatic N) is 1. The Kier molecular flexibility index (Phi) is 5.76. The first kappa shape index (κ1) is 18.2. The molecule has 2 N–H and O–H groups in total. The van der Waals surface area contributed by atoms with Crippen molar-refractivity contribution in [2.45, 2.75) is 25.8 Å². The number of methoxy groups -OCH3 is 2. The van der Waals surface area contributed by atoms with E-state index in [0.717, 1.165) is 35.5 Å². The molecule has 7 heteroatoms. The molecule has 3 rings (SSSR count). The van der Waals surface area contributed by atoms with Crippen LogP contribution in [0.15, 0.2) is 18.2 Å². The number of carbonyl (C=O) groups excluding carboxylic acids is 1. The molecule has 0 radical (unpaired) electrons. The summed E-state index contributed by atoms with van der Waals surface area (Å²) in [5.41, 5.74) is 2.59. The van der Waals surface area contributed by atoms with Crippen molar-refractivity contribution >= 4 is 22.2 Å². The van der Waals surface area contributed by atoms with E-state index in [4.69, 9.17) is 9.47 Å².